The van der Waals surface area contributed by atoms with Gasteiger partial charge in [0.1, 0.15) is 5.75 Å². The number of carbonyl (C=O) groups excluding carboxylic acids is 1. The topological polar surface area (TPSA) is 56.8 Å². The molecule has 0 fully saturated rings. The van der Waals surface area contributed by atoms with E-state index in [2.05, 4.69) is 5.32 Å². The first-order valence-corrected chi connectivity index (χ1v) is 7.00. The van der Waals surface area contributed by atoms with Gasteiger partial charge in [-0.25, -0.2) is 0 Å². The molecule has 0 aromatic heterocycles. The van der Waals surface area contributed by atoms with Gasteiger partial charge in [-0.15, -0.1) is 0 Å². The summed E-state index contributed by atoms with van der Waals surface area (Å²) in [4.78, 5) is 12.3. The van der Waals surface area contributed by atoms with Gasteiger partial charge < -0.3 is 19.5 Å². The summed E-state index contributed by atoms with van der Waals surface area (Å²) < 4.78 is 15.9. The predicted octanol–water partition coefficient (Wildman–Crippen LogP) is 2.89. The third-order valence-corrected chi connectivity index (χ3v) is 3.59. The summed E-state index contributed by atoms with van der Waals surface area (Å²) >= 11 is 0. The highest BCUT2D eigenvalue weighted by atomic mass is 16.5. The van der Waals surface area contributed by atoms with Gasteiger partial charge >= 0.3 is 0 Å². The van der Waals surface area contributed by atoms with Crippen molar-refractivity contribution in [3.63, 3.8) is 0 Å². The molecule has 5 nitrogen and oxygen atoms in total. The molecule has 0 radical (unpaired) electrons. The monoisotopic (exact) mass is 299 g/mol. The van der Waals surface area contributed by atoms with E-state index in [-0.39, 0.29) is 5.91 Å². The van der Waals surface area contributed by atoms with Gasteiger partial charge in [0.2, 0.25) is 0 Å². The quantitative estimate of drug-likeness (QED) is 0.943. The molecule has 3 rings (SSSR count). The van der Waals surface area contributed by atoms with Crippen molar-refractivity contribution in [3.8, 4) is 17.2 Å². The fourth-order valence-electron chi connectivity index (χ4n) is 2.45. The molecule has 0 saturated carbocycles. The number of anilines is 1. The fraction of sp³-hybridized carbons (Fsp3) is 0.235. The van der Waals surface area contributed by atoms with Gasteiger partial charge in [0.05, 0.1) is 20.8 Å². The Hall–Kier alpha value is -2.69. The number of methoxy groups -OCH3 is 2. The highest BCUT2D eigenvalue weighted by Gasteiger charge is 2.15. The molecule has 1 aliphatic heterocycles. The fourth-order valence-corrected chi connectivity index (χ4v) is 2.45. The van der Waals surface area contributed by atoms with Crippen LogP contribution in [0.5, 0.6) is 17.2 Å². The molecule has 1 heterocycles. The lowest BCUT2D eigenvalue weighted by Crippen LogP contribution is -2.12. The Bertz CT molecular complexity index is 712. The Kier molecular flexibility index (Phi) is 3.87. The minimum atomic E-state index is -0.165. The molecule has 2 aromatic rings. The van der Waals surface area contributed by atoms with Crippen LogP contribution in [0.3, 0.4) is 0 Å². The van der Waals surface area contributed by atoms with E-state index in [1.807, 2.05) is 12.1 Å². The largest absolute Gasteiger partial charge is 0.493 e. The van der Waals surface area contributed by atoms with E-state index in [0.29, 0.717) is 29.4 Å². The summed E-state index contributed by atoms with van der Waals surface area (Å²) in [6.07, 6.45) is 0.840. The normalized spacial score (nSPS) is 12.3. The average molecular weight is 299 g/mol. The lowest BCUT2D eigenvalue weighted by molar-refractivity contribution is 0.102. The smallest absolute Gasteiger partial charge is 0.255 e. The maximum atomic E-state index is 12.3. The molecule has 2 aromatic carbocycles. The Morgan fingerprint density at radius 3 is 2.68 bits per heavy atom. The third kappa shape index (κ3) is 2.70. The second-order valence-corrected chi connectivity index (χ2v) is 4.94. The highest BCUT2D eigenvalue weighted by Crippen LogP contribution is 2.30. The lowest BCUT2D eigenvalue weighted by atomic mass is 10.1. The number of ether oxygens (including phenoxy) is 3. The maximum Gasteiger partial charge on any atom is 0.255 e. The molecule has 114 valence electrons. The SMILES string of the molecule is COc1ccc(NC(=O)c2ccc3c(c2)CCO3)cc1OC. The Morgan fingerprint density at radius 2 is 1.91 bits per heavy atom. The van der Waals surface area contributed by atoms with Gasteiger partial charge in [0, 0.05) is 23.7 Å². The number of hydrogen-bond acceptors (Lipinski definition) is 4. The minimum absolute atomic E-state index is 0.165. The van der Waals surface area contributed by atoms with Crippen molar-refractivity contribution in [2.75, 3.05) is 26.1 Å². The van der Waals surface area contributed by atoms with E-state index < -0.39 is 0 Å². The molecule has 0 atom stereocenters. The molecule has 1 amide bonds. The van der Waals surface area contributed by atoms with Crippen molar-refractivity contribution in [2.24, 2.45) is 0 Å². The van der Waals surface area contributed by atoms with Crippen molar-refractivity contribution >= 4 is 11.6 Å². The van der Waals surface area contributed by atoms with Gasteiger partial charge in [-0.05, 0) is 35.9 Å². The number of hydrogen-bond donors (Lipinski definition) is 1. The van der Waals surface area contributed by atoms with E-state index >= 15 is 0 Å². The second-order valence-electron chi connectivity index (χ2n) is 4.94. The van der Waals surface area contributed by atoms with Crippen LogP contribution < -0.4 is 19.5 Å². The van der Waals surface area contributed by atoms with Crippen molar-refractivity contribution in [3.05, 3.63) is 47.5 Å². The van der Waals surface area contributed by atoms with Gasteiger partial charge in [-0.2, -0.15) is 0 Å². The van der Waals surface area contributed by atoms with Gasteiger partial charge in [-0.1, -0.05) is 0 Å². The number of benzene rings is 2. The number of amides is 1. The average Bonchev–Trinajstić information content (AvgIpc) is 3.02. The number of fused-ring (bicyclic) bond motifs is 1. The molecule has 1 aliphatic rings. The molecule has 0 bridgehead atoms. The zero-order chi connectivity index (χ0) is 15.5. The molecular formula is C17H17NO4. The molecule has 0 spiro atoms. The Morgan fingerprint density at radius 1 is 1.09 bits per heavy atom. The van der Waals surface area contributed by atoms with Crippen molar-refractivity contribution < 1.29 is 19.0 Å². The van der Waals surface area contributed by atoms with E-state index in [4.69, 9.17) is 14.2 Å². The van der Waals surface area contributed by atoms with E-state index in [1.165, 1.54) is 0 Å². The van der Waals surface area contributed by atoms with Crippen LogP contribution >= 0.6 is 0 Å². The van der Waals surface area contributed by atoms with Crippen LogP contribution in [0, 0.1) is 0 Å². The lowest BCUT2D eigenvalue weighted by Gasteiger charge is -2.11. The standard InChI is InChI=1S/C17H17NO4/c1-20-15-6-4-13(10-16(15)21-2)18-17(19)12-3-5-14-11(9-12)7-8-22-14/h3-6,9-10H,7-8H2,1-2H3,(H,18,19). The molecule has 0 unspecified atom stereocenters. The Balaban J connectivity index is 1.79. The van der Waals surface area contributed by atoms with Crippen LogP contribution in [0.15, 0.2) is 36.4 Å². The molecule has 22 heavy (non-hydrogen) atoms. The summed E-state index contributed by atoms with van der Waals surface area (Å²) in [6, 6.07) is 10.7. The predicted molar refractivity (Wildman–Crippen MR) is 83.1 cm³/mol. The van der Waals surface area contributed by atoms with Crippen LogP contribution in [0.25, 0.3) is 0 Å². The first-order chi connectivity index (χ1) is 10.7. The molecule has 0 aliphatic carbocycles. The molecule has 1 N–H and O–H groups in total. The second kappa shape index (κ2) is 5.97. The molecule has 0 saturated heterocycles. The van der Waals surface area contributed by atoms with Crippen molar-refractivity contribution in [1.29, 1.82) is 0 Å². The van der Waals surface area contributed by atoms with Crippen LogP contribution in [0.1, 0.15) is 15.9 Å². The van der Waals surface area contributed by atoms with Crippen LogP contribution in [-0.2, 0) is 6.42 Å². The number of rotatable bonds is 4. The summed E-state index contributed by atoms with van der Waals surface area (Å²) in [6.45, 7) is 0.677. The minimum Gasteiger partial charge on any atom is -0.493 e. The summed E-state index contributed by atoms with van der Waals surface area (Å²) in [5.41, 5.74) is 2.33. The van der Waals surface area contributed by atoms with Gasteiger partial charge in [0.15, 0.2) is 11.5 Å². The zero-order valence-electron chi connectivity index (χ0n) is 12.5. The first kappa shape index (κ1) is 14.3. The number of carbonyl (C=O) groups is 1. The molecule has 5 heteroatoms. The van der Waals surface area contributed by atoms with Gasteiger partial charge in [0.25, 0.3) is 5.91 Å². The summed E-state index contributed by atoms with van der Waals surface area (Å²) in [5, 5.41) is 2.86. The van der Waals surface area contributed by atoms with Crippen LogP contribution in [0.4, 0.5) is 5.69 Å². The summed E-state index contributed by atoms with van der Waals surface area (Å²) in [5.74, 6) is 1.89. The zero-order valence-corrected chi connectivity index (χ0v) is 12.5. The van der Waals surface area contributed by atoms with Crippen molar-refractivity contribution in [2.45, 2.75) is 6.42 Å². The molecular weight excluding hydrogens is 282 g/mol. The Labute approximate surface area is 128 Å². The van der Waals surface area contributed by atoms with Crippen LogP contribution in [-0.4, -0.2) is 26.7 Å². The number of nitrogens with one attached hydrogen (secondary N) is 1. The van der Waals surface area contributed by atoms with E-state index in [0.717, 1.165) is 17.7 Å². The third-order valence-electron chi connectivity index (χ3n) is 3.59. The van der Waals surface area contributed by atoms with E-state index in [9.17, 15) is 4.79 Å². The van der Waals surface area contributed by atoms with Crippen LogP contribution in [0.2, 0.25) is 0 Å². The van der Waals surface area contributed by atoms with Crippen molar-refractivity contribution in [1.82, 2.24) is 0 Å². The van der Waals surface area contributed by atoms with Gasteiger partial charge in [-0.3, -0.25) is 4.79 Å². The summed E-state index contributed by atoms with van der Waals surface area (Å²) in [7, 11) is 3.13. The van der Waals surface area contributed by atoms with E-state index in [1.54, 1.807) is 38.5 Å². The maximum absolute atomic E-state index is 12.3. The first-order valence-electron chi connectivity index (χ1n) is 7.00. The highest BCUT2D eigenvalue weighted by molar-refractivity contribution is 6.04.